The number of benzene rings is 1. The zero-order chi connectivity index (χ0) is 14.4. The fourth-order valence-electron chi connectivity index (χ4n) is 2.29. The molecule has 2 amide bonds. The second kappa shape index (κ2) is 7.05. The van der Waals surface area contributed by atoms with Crippen molar-refractivity contribution in [2.45, 2.75) is 13.3 Å². The Hall–Kier alpha value is -1.88. The van der Waals surface area contributed by atoms with E-state index in [-0.39, 0.29) is 18.2 Å². The first kappa shape index (κ1) is 14.5. The molecule has 5 heteroatoms. The zero-order valence-electron chi connectivity index (χ0n) is 11.8. The summed E-state index contributed by atoms with van der Waals surface area (Å²) in [6.45, 7) is 6.34. The van der Waals surface area contributed by atoms with E-state index in [0.717, 1.165) is 25.3 Å². The van der Waals surface area contributed by atoms with Gasteiger partial charge in [-0.25, -0.2) is 0 Å². The molecular formula is C15H21N3O2. The summed E-state index contributed by atoms with van der Waals surface area (Å²) in [6.07, 6.45) is -0.0823. The quantitative estimate of drug-likeness (QED) is 0.840. The number of amides is 2. The van der Waals surface area contributed by atoms with Crippen LogP contribution in [0.25, 0.3) is 0 Å². The number of anilines is 1. The molecule has 0 aliphatic carbocycles. The minimum absolute atomic E-state index is 0.0823. The van der Waals surface area contributed by atoms with Crippen LogP contribution in [0.4, 0.5) is 5.69 Å². The molecule has 1 aliphatic heterocycles. The summed E-state index contributed by atoms with van der Waals surface area (Å²) in [5.41, 5.74) is 0.723. The summed E-state index contributed by atoms with van der Waals surface area (Å²) in [5, 5.41) is 2.74. The van der Waals surface area contributed by atoms with Crippen LogP contribution in [-0.2, 0) is 9.59 Å². The summed E-state index contributed by atoms with van der Waals surface area (Å²) in [7, 11) is 0. The van der Waals surface area contributed by atoms with Crippen molar-refractivity contribution in [1.29, 1.82) is 0 Å². The Kier molecular flexibility index (Phi) is 5.12. The number of rotatable bonds is 4. The van der Waals surface area contributed by atoms with Gasteiger partial charge in [0.05, 0.1) is 0 Å². The first-order valence-electron chi connectivity index (χ1n) is 7.04. The Bertz CT molecular complexity index is 453. The molecule has 1 aromatic rings. The summed E-state index contributed by atoms with van der Waals surface area (Å²) in [5.74, 6) is -0.340. The van der Waals surface area contributed by atoms with E-state index in [1.54, 1.807) is 4.90 Å². The lowest BCUT2D eigenvalue weighted by Crippen LogP contribution is -2.49. The normalized spacial score (nSPS) is 15.9. The second-order valence-corrected chi connectivity index (χ2v) is 4.91. The van der Waals surface area contributed by atoms with E-state index in [1.165, 1.54) is 0 Å². The number of hydrogen-bond acceptors (Lipinski definition) is 3. The average Bonchev–Trinajstić information content (AvgIpc) is 2.48. The lowest BCUT2D eigenvalue weighted by atomic mass is 10.2. The summed E-state index contributed by atoms with van der Waals surface area (Å²) in [6, 6.07) is 9.20. The number of hydrogen-bond donors (Lipinski definition) is 1. The van der Waals surface area contributed by atoms with E-state index in [9.17, 15) is 9.59 Å². The highest BCUT2D eigenvalue weighted by atomic mass is 16.2. The number of carbonyl (C=O) groups excluding carboxylic acids is 2. The molecule has 1 N–H and O–H groups in total. The molecule has 0 spiro atoms. The maximum absolute atomic E-state index is 12.0. The first-order chi connectivity index (χ1) is 9.69. The summed E-state index contributed by atoms with van der Waals surface area (Å²) < 4.78 is 0. The number of nitrogens with zero attached hydrogens (tertiary/aromatic N) is 2. The van der Waals surface area contributed by atoms with E-state index >= 15 is 0 Å². The highest BCUT2D eigenvalue weighted by Crippen LogP contribution is 2.07. The van der Waals surface area contributed by atoms with Crippen LogP contribution in [0.3, 0.4) is 0 Å². The van der Waals surface area contributed by atoms with Crippen LogP contribution >= 0.6 is 0 Å². The highest BCUT2D eigenvalue weighted by Gasteiger charge is 2.21. The van der Waals surface area contributed by atoms with Crippen molar-refractivity contribution in [3.8, 4) is 0 Å². The molecule has 0 saturated carbocycles. The van der Waals surface area contributed by atoms with Crippen molar-refractivity contribution in [2.75, 3.05) is 38.0 Å². The molecule has 1 saturated heterocycles. The molecule has 0 atom stereocenters. The number of piperazine rings is 1. The third kappa shape index (κ3) is 4.06. The molecule has 1 fully saturated rings. The highest BCUT2D eigenvalue weighted by molar-refractivity contribution is 6.03. The molecule has 0 bridgehead atoms. The molecule has 0 aromatic heterocycles. The van der Waals surface area contributed by atoms with Crippen LogP contribution < -0.4 is 5.32 Å². The predicted octanol–water partition coefficient (Wildman–Crippen LogP) is 1.18. The van der Waals surface area contributed by atoms with Gasteiger partial charge in [0.1, 0.15) is 6.42 Å². The van der Waals surface area contributed by atoms with Crippen molar-refractivity contribution in [2.24, 2.45) is 0 Å². The number of nitrogens with one attached hydrogen (secondary N) is 1. The third-order valence-corrected chi connectivity index (χ3v) is 3.54. The van der Waals surface area contributed by atoms with E-state index in [0.29, 0.717) is 13.1 Å². The van der Waals surface area contributed by atoms with Gasteiger partial charge in [0.2, 0.25) is 11.8 Å². The Labute approximate surface area is 119 Å². The Morgan fingerprint density at radius 2 is 1.75 bits per heavy atom. The fraction of sp³-hybridized carbons (Fsp3) is 0.467. The minimum atomic E-state index is -0.251. The molecule has 5 nitrogen and oxygen atoms in total. The van der Waals surface area contributed by atoms with E-state index in [1.807, 2.05) is 30.3 Å². The topological polar surface area (TPSA) is 52.7 Å². The summed E-state index contributed by atoms with van der Waals surface area (Å²) in [4.78, 5) is 27.9. The van der Waals surface area contributed by atoms with Crippen LogP contribution in [-0.4, -0.2) is 54.3 Å². The molecule has 0 radical (unpaired) electrons. The van der Waals surface area contributed by atoms with Crippen LogP contribution in [0.2, 0.25) is 0 Å². The summed E-state index contributed by atoms with van der Waals surface area (Å²) >= 11 is 0. The molecule has 0 unspecified atom stereocenters. The van der Waals surface area contributed by atoms with Gasteiger partial charge in [0.25, 0.3) is 0 Å². The van der Waals surface area contributed by atoms with Crippen molar-refractivity contribution < 1.29 is 9.59 Å². The first-order valence-corrected chi connectivity index (χ1v) is 7.04. The Morgan fingerprint density at radius 1 is 1.10 bits per heavy atom. The monoisotopic (exact) mass is 275 g/mol. The SMILES string of the molecule is CCN1CCN(C(=O)CC(=O)Nc2ccccc2)CC1. The molecule has 1 heterocycles. The fourth-order valence-corrected chi connectivity index (χ4v) is 2.29. The molecular weight excluding hydrogens is 254 g/mol. The van der Waals surface area contributed by atoms with Gasteiger partial charge in [-0.15, -0.1) is 0 Å². The minimum Gasteiger partial charge on any atom is -0.340 e. The lowest BCUT2D eigenvalue weighted by Gasteiger charge is -2.33. The molecule has 20 heavy (non-hydrogen) atoms. The molecule has 1 aliphatic rings. The van der Waals surface area contributed by atoms with Gasteiger partial charge >= 0.3 is 0 Å². The van der Waals surface area contributed by atoms with Crippen LogP contribution in [0, 0.1) is 0 Å². The largest absolute Gasteiger partial charge is 0.340 e. The van der Waals surface area contributed by atoms with Crippen molar-refractivity contribution in [1.82, 2.24) is 9.80 Å². The number of likely N-dealkylation sites (N-methyl/N-ethyl adjacent to an activating group) is 1. The van der Waals surface area contributed by atoms with E-state index in [2.05, 4.69) is 17.1 Å². The van der Waals surface area contributed by atoms with Crippen molar-refractivity contribution in [3.05, 3.63) is 30.3 Å². The molecule has 2 rings (SSSR count). The van der Waals surface area contributed by atoms with Gasteiger partial charge in [0.15, 0.2) is 0 Å². The van der Waals surface area contributed by atoms with Crippen LogP contribution in [0.5, 0.6) is 0 Å². The maximum Gasteiger partial charge on any atom is 0.233 e. The Morgan fingerprint density at radius 3 is 2.35 bits per heavy atom. The second-order valence-electron chi connectivity index (χ2n) is 4.91. The maximum atomic E-state index is 12.0. The smallest absolute Gasteiger partial charge is 0.233 e. The standard InChI is InChI=1S/C15H21N3O2/c1-2-17-8-10-18(11-9-17)15(20)12-14(19)16-13-6-4-3-5-7-13/h3-7H,2,8-12H2,1H3,(H,16,19). The van der Waals surface area contributed by atoms with Gasteiger partial charge in [0, 0.05) is 31.9 Å². The Balaban J connectivity index is 1.78. The zero-order valence-corrected chi connectivity index (χ0v) is 11.8. The average molecular weight is 275 g/mol. The molecule has 1 aromatic carbocycles. The predicted molar refractivity (Wildman–Crippen MR) is 78.4 cm³/mol. The number of para-hydroxylation sites is 1. The number of carbonyl (C=O) groups is 2. The van der Waals surface area contributed by atoms with Crippen LogP contribution in [0.1, 0.15) is 13.3 Å². The van der Waals surface area contributed by atoms with E-state index in [4.69, 9.17) is 0 Å². The van der Waals surface area contributed by atoms with Gasteiger partial charge in [-0.1, -0.05) is 25.1 Å². The van der Waals surface area contributed by atoms with Crippen molar-refractivity contribution in [3.63, 3.8) is 0 Å². The molecule has 108 valence electrons. The third-order valence-electron chi connectivity index (χ3n) is 3.54. The van der Waals surface area contributed by atoms with Gasteiger partial charge < -0.3 is 15.1 Å². The van der Waals surface area contributed by atoms with Gasteiger partial charge in [-0.05, 0) is 18.7 Å². The lowest BCUT2D eigenvalue weighted by molar-refractivity contribution is -0.136. The van der Waals surface area contributed by atoms with Crippen molar-refractivity contribution >= 4 is 17.5 Å². The van der Waals surface area contributed by atoms with E-state index < -0.39 is 0 Å². The van der Waals surface area contributed by atoms with Gasteiger partial charge in [-0.3, -0.25) is 9.59 Å². The van der Waals surface area contributed by atoms with Crippen LogP contribution in [0.15, 0.2) is 30.3 Å². The van der Waals surface area contributed by atoms with Gasteiger partial charge in [-0.2, -0.15) is 0 Å².